The molecule has 0 saturated carbocycles. The number of benzene rings is 1. The Morgan fingerprint density at radius 3 is 2.61 bits per heavy atom. The van der Waals surface area contributed by atoms with Gasteiger partial charge in [-0.1, -0.05) is 0 Å². The van der Waals surface area contributed by atoms with E-state index in [0.717, 1.165) is 0 Å². The average Bonchev–Trinajstić information content (AvgIpc) is 3.13. The molecule has 0 bridgehead atoms. The lowest BCUT2D eigenvalue weighted by molar-refractivity contribution is -0.274. The molecule has 5 unspecified atom stereocenters. The molecule has 2 aromatic rings. The number of fused-ring (bicyclic) bond motifs is 1. The predicted octanol–water partition coefficient (Wildman–Crippen LogP) is 0.391. The third-order valence-corrected chi connectivity index (χ3v) is 6.55. The van der Waals surface area contributed by atoms with Crippen molar-refractivity contribution in [2.24, 2.45) is 0 Å². The number of piperidine rings is 1. The van der Waals surface area contributed by atoms with E-state index in [1.807, 2.05) is 0 Å². The topological polar surface area (TPSA) is 135 Å². The van der Waals surface area contributed by atoms with Crippen molar-refractivity contribution in [3.63, 3.8) is 0 Å². The molecule has 1 aromatic heterocycles. The van der Waals surface area contributed by atoms with Gasteiger partial charge >= 0.3 is 6.36 Å². The molecule has 1 fully saturated rings. The number of aliphatic hydroxyl groups is 4. The van der Waals surface area contributed by atoms with Crippen LogP contribution in [-0.2, 0) is 11.2 Å². The predicted molar refractivity (Wildman–Crippen MR) is 113 cm³/mol. The van der Waals surface area contributed by atoms with E-state index in [0.29, 0.717) is 34.6 Å². The third-order valence-electron chi connectivity index (χ3n) is 5.45. The number of carbonyl (C=O) groups excluding carboxylic acids is 1. The zero-order valence-electron chi connectivity index (χ0n) is 17.7. The Balaban J connectivity index is 1.72. The van der Waals surface area contributed by atoms with E-state index in [9.17, 15) is 38.4 Å². The summed E-state index contributed by atoms with van der Waals surface area (Å²) in [6.07, 6.45) is -8.58. The smallest absolute Gasteiger partial charge is 0.406 e. The minimum absolute atomic E-state index is 0.187. The van der Waals surface area contributed by atoms with Crippen molar-refractivity contribution in [3.8, 4) is 5.75 Å². The van der Waals surface area contributed by atoms with Crippen LogP contribution < -0.4 is 10.1 Å². The second kappa shape index (κ2) is 10.5. The highest BCUT2D eigenvalue weighted by atomic mass is 32.1. The third kappa shape index (κ3) is 5.91. The molecule has 5 N–H and O–H groups in total. The molecule has 5 atom stereocenters. The van der Waals surface area contributed by atoms with Crippen molar-refractivity contribution >= 4 is 27.5 Å². The number of aromatic nitrogens is 1. The van der Waals surface area contributed by atoms with Crippen molar-refractivity contribution < 1.29 is 43.1 Å². The molecular formula is C20H26F3N3O6S. The number of hydrogen-bond donors (Lipinski definition) is 5. The number of halogens is 3. The largest absolute Gasteiger partial charge is 0.573 e. The lowest BCUT2D eigenvalue weighted by Gasteiger charge is -2.47. The molecule has 13 heteroatoms. The molecule has 2 heterocycles. The van der Waals surface area contributed by atoms with Crippen LogP contribution in [0.15, 0.2) is 18.2 Å². The standard InChI is InChI=1S/C20H26F3N3O6S/c1-2-24-19(31)15-17(29)18(30)16(28)12(9-27)26(15)7-3-4-14-25-11-8-10(32-20(21,22)23)5-6-13(11)33-14/h5-6,8,12,15-18,27-30H,2-4,7,9H2,1H3,(H,24,31). The Labute approximate surface area is 191 Å². The number of alkyl halides is 3. The Hall–Kier alpha value is -2.03. The molecule has 1 aliphatic rings. The summed E-state index contributed by atoms with van der Waals surface area (Å²) in [5, 5.41) is 43.8. The summed E-state index contributed by atoms with van der Waals surface area (Å²) < 4.78 is 41.9. The van der Waals surface area contributed by atoms with Crippen LogP contribution in [-0.4, -0.2) is 92.7 Å². The van der Waals surface area contributed by atoms with Gasteiger partial charge in [-0.2, -0.15) is 0 Å². The molecule has 0 radical (unpaired) electrons. The number of aryl methyl sites for hydroxylation is 1. The first kappa shape index (κ1) is 25.6. The normalized spacial score (nSPS) is 26.5. The van der Waals surface area contributed by atoms with Crippen LogP contribution in [0.5, 0.6) is 5.75 Å². The number of aliphatic hydroxyl groups excluding tert-OH is 4. The fourth-order valence-electron chi connectivity index (χ4n) is 3.99. The Bertz CT molecular complexity index is 959. The number of ether oxygens (including phenoxy) is 1. The number of nitrogens with zero attached hydrogens (tertiary/aromatic N) is 2. The second-order valence-corrected chi connectivity index (χ2v) is 8.80. The van der Waals surface area contributed by atoms with E-state index in [1.165, 1.54) is 34.4 Å². The molecule has 9 nitrogen and oxygen atoms in total. The maximum absolute atomic E-state index is 12.5. The molecule has 3 rings (SSSR count). The van der Waals surface area contributed by atoms with E-state index in [4.69, 9.17) is 0 Å². The van der Waals surface area contributed by atoms with Crippen molar-refractivity contribution in [2.75, 3.05) is 19.7 Å². The van der Waals surface area contributed by atoms with E-state index >= 15 is 0 Å². The number of hydrogen-bond acceptors (Lipinski definition) is 9. The van der Waals surface area contributed by atoms with Gasteiger partial charge in [-0.15, -0.1) is 24.5 Å². The summed E-state index contributed by atoms with van der Waals surface area (Å²) in [6.45, 7) is 1.64. The van der Waals surface area contributed by atoms with Crippen LogP contribution in [0.3, 0.4) is 0 Å². The summed E-state index contributed by atoms with van der Waals surface area (Å²) >= 11 is 1.30. The minimum atomic E-state index is -4.80. The highest BCUT2D eigenvalue weighted by Crippen LogP contribution is 2.30. The van der Waals surface area contributed by atoms with Gasteiger partial charge < -0.3 is 30.5 Å². The van der Waals surface area contributed by atoms with Gasteiger partial charge in [0.05, 0.1) is 27.9 Å². The monoisotopic (exact) mass is 493 g/mol. The van der Waals surface area contributed by atoms with Crippen molar-refractivity contribution in [1.82, 2.24) is 15.2 Å². The number of amides is 1. The quantitative estimate of drug-likeness (QED) is 0.357. The molecule has 1 amide bonds. The summed E-state index contributed by atoms with van der Waals surface area (Å²) in [5.41, 5.74) is 0.358. The number of likely N-dealkylation sites (N-methyl/N-ethyl adjacent to an activating group) is 1. The van der Waals surface area contributed by atoms with E-state index in [2.05, 4.69) is 15.0 Å². The van der Waals surface area contributed by atoms with Gasteiger partial charge in [-0.3, -0.25) is 9.69 Å². The summed E-state index contributed by atoms with van der Waals surface area (Å²) in [7, 11) is 0. The first-order valence-corrected chi connectivity index (χ1v) is 11.2. The van der Waals surface area contributed by atoms with Gasteiger partial charge in [0.15, 0.2) is 0 Å². The fraction of sp³-hybridized carbons (Fsp3) is 0.600. The summed E-state index contributed by atoms with van der Waals surface area (Å²) in [6, 6.07) is 1.77. The van der Waals surface area contributed by atoms with Gasteiger partial charge in [0.1, 0.15) is 30.1 Å². The van der Waals surface area contributed by atoms with E-state index in [-0.39, 0.29) is 12.3 Å². The van der Waals surface area contributed by atoms with Crippen LogP contribution in [0.25, 0.3) is 10.2 Å². The van der Waals surface area contributed by atoms with Gasteiger partial charge in [0.25, 0.3) is 0 Å². The van der Waals surface area contributed by atoms with E-state index < -0.39 is 49.3 Å². The highest BCUT2D eigenvalue weighted by molar-refractivity contribution is 7.18. The van der Waals surface area contributed by atoms with Crippen LogP contribution >= 0.6 is 11.3 Å². The molecular weight excluding hydrogens is 467 g/mol. The molecule has 33 heavy (non-hydrogen) atoms. The lowest BCUT2D eigenvalue weighted by Crippen LogP contribution is -2.70. The fourth-order valence-corrected chi connectivity index (χ4v) is 4.98. The van der Waals surface area contributed by atoms with Crippen LogP contribution in [0, 0.1) is 0 Å². The number of nitrogens with one attached hydrogen (secondary N) is 1. The van der Waals surface area contributed by atoms with Gasteiger partial charge in [-0.25, -0.2) is 4.98 Å². The number of rotatable bonds is 8. The van der Waals surface area contributed by atoms with Gasteiger partial charge in [0.2, 0.25) is 5.91 Å². The van der Waals surface area contributed by atoms with Gasteiger partial charge in [0, 0.05) is 19.0 Å². The van der Waals surface area contributed by atoms with Crippen molar-refractivity contribution in [2.45, 2.75) is 56.5 Å². The Morgan fingerprint density at radius 2 is 1.97 bits per heavy atom. The van der Waals surface area contributed by atoms with Crippen molar-refractivity contribution in [1.29, 1.82) is 0 Å². The van der Waals surface area contributed by atoms with Crippen molar-refractivity contribution in [3.05, 3.63) is 23.2 Å². The number of carbonyl (C=O) groups is 1. The van der Waals surface area contributed by atoms with Crippen LogP contribution in [0.2, 0.25) is 0 Å². The highest BCUT2D eigenvalue weighted by Gasteiger charge is 2.49. The lowest BCUT2D eigenvalue weighted by atomic mass is 9.87. The Morgan fingerprint density at radius 1 is 1.24 bits per heavy atom. The molecule has 1 aliphatic heterocycles. The molecule has 0 spiro atoms. The zero-order chi connectivity index (χ0) is 24.3. The SMILES string of the molecule is CCNC(=O)C1C(O)C(O)C(O)C(CO)N1CCCc1nc2cc(OC(F)(F)F)ccc2s1. The second-order valence-electron chi connectivity index (χ2n) is 7.69. The minimum Gasteiger partial charge on any atom is -0.406 e. The summed E-state index contributed by atoms with van der Waals surface area (Å²) in [5.74, 6) is -0.899. The first-order valence-electron chi connectivity index (χ1n) is 10.4. The Kier molecular flexibility index (Phi) is 8.13. The number of thiazole rings is 1. The van der Waals surface area contributed by atoms with Crippen LogP contribution in [0.1, 0.15) is 18.4 Å². The maximum atomic E-state index is 12.5. The first-order chi connectivity index (χ1) is 15.6. The van der Waals surface area contributed by atoms with Crippen LogP contribution in [0.4, 0.5) is 13.2 Å². The summed E-state index contributed by atoms with van der Waals surface area (Å²) in [4.78, 5) is 18.3. The maximum Gasteiger partial charge on any atom is 0.573 e. The molecule has 1 saturated heterocycles. The van der Waals surface area contributed by atoms with Gasteiger partial charge in [-0.05, 0) is 32.0 Å². The average molecular weight is 494 g/mol. The molecule has 184 valence electrons. The van der Waals surface area contributed by atoms with E-state index in [1.54, 1.807) is 6.92 Å². The number of likely N-dealkylation sites (tertiary alicyclic amines) is 1. The zero-order valence-corrected chi connectivity index (χ0v) is 18.5. The molecule has 0 aliphatic carbocycles. The molecule has 1 aromatic carbocycles.